The molecule has 1 aliphatic heterocycles. The second-order valence-corrected chi connectivity index (χ2v) is 7.00. The van der Waals surface area contributed by atoms with Crippen LogP contribution < -0.4 is 16.0 Å². The molecule has 1 heterocycles. The van der Waals surface area contributed by atoms with Gasteiger partial charge in [-0.05, 0) is 31.4 Å². The summed E-state index contributed by atoms with van der Waals surface area (Å²) in [6, 6.07) is 6.28. The van der Waals surface area contributed by atoms with Crippen LogP contribution in [-0.4, -0.2) is 59.5 Å². The molecule has 1 fully saturated rings. The third-order valence-electron chi connectivity index (χ3n) is 4.59. The van der Waals surface area contributed by atoms with Gasteiger partial charge >= 0.3 is 0 Å². The first-order valence-electron chi connectivity index (χ1n) is 9.13. The molecule has 0 spiro atoms. The van der Waals surface area contributed by atoms with Gasteiger partial charge in [-0.25, -0.2) is 0 Å². The predicted octanol–water partition coefficient (Wildman–Crippen LogP) is -0.889. The molecule has 148 valence electrons. The van der Waals surface area contributed by atoms with Crippen molar-refractivity contribution in [2.45, 2.75) is 38.4 Å². The van der Waals surface area contributed by atoms with Gasteiger partial charge in [0.25, 0.3) is 11.8 Å². The number of benzene rings is 1. The number of nitrogens with zero attached hydrogens (tertiary/aromatic N) is 1. The minimum Gasteiger partial charge on any atom is -0.347 e. The van der Waals surface area contributed by atoms with Gasteiger partial charge < -0.3 is 20.9 Å². The summed E-state index contributed by atoms with van der Waals surface area (Å²) in [4.78, 5) is 61.1. The number of Topliss-reactive ketones (excluding diaryl/α,β-unsaturated/α-hetero) is 1. The van der Waals surface area contributed by atoms with Crippen molar-refractivity contribution in [2.24, 2.45) is 0 Å². The van der Waals surface area contributed by atoms with Crippen molar-refractivity contribution >= 4 is 29.4 Å². The van der Waals surface area contributed by atoms with Crippen molar-refractivity contribution in [1.82, 2.24) is 20.9 Å². The quantitative estimate of drug-likeness (QED) is 0.500. The molecule has 9 heteroatoms. The number of carbonyl (C=O) groups is 5. The number of carbonyl (C=O) groups excluding carboxylic acids is 5. The van der Waals surface area contributed by atoms with Crippen LogP contribution in [0, 0.1) is 0 Å². The summed E-state index contributed by atoms with van der Waals surface area (Å²) in [6.07, 6.45) is 1.72. The highest BCUT2D eigenvalue weighted by Gasteiger charge is 2.29. The SMILES string of the molecule is CC(NC(=O)CN1Cc2ccccc2C1=O)C(=O)NCC(=O)C(=O)NC1CC1. The van der Waals surface area contributed by atoms with E-state index in [4.69, 9.17) is 0 Å². The Kier molecular flexibility index (Phi) is 5.72. The van der Waals surface area contributed by atoms with Crippen LogP contribution in [0.5, 0.6) is 0 Å². The van der Waals surface area contributed by atoms with Crippen molar-refractivity contribution in [2.75, 3.05) is 13.1 Å². The summed E-state index contributed by atoms with van der Waals surface area (Å²) in [5.74, 6) is -2.75. The molecule has 1 aliphatic carbocycles. The second-order valence-electron chi connectivity index (χ2n) is 7.00. The fourth-order valence-electron chi connectivity index (χ4n) is 2.86. The molecule has 0 radical (unpaired) electrons. The van der Waals surface area contributed by atoms with Crippen LogP contribution in [0.3, 0.4) is 0 Å². The van der Waals surface area contributed by atoms with Gasteiger partial charge in [0.2, 0.25) is 17.6 Å². The Morgan fingerprint density at radius 1 is 1.18 bits per heavy atom. The smallest absolute Gasteiger partial charge is 0.289 e. The molecule has 3 N–H and O–H groups in total. The summed E-state index contributed by atoms with van der Waals surface area (Å²) >= 11 is 0. The Labute approximate surface area is 161 Å². The fraction of sp³-hybridized carbons (Fsp3) is 0.421. The van der Waals surface area contributed by atoms with E-state index in [0.29, 0.717) is 12.1 Å². The van der Waals surface area contributed by atoms with Crippen molar-refractivity contribution in [3.05, 3.63) is 35.4 Å². The van der Waals surface area contributed by atoms with E-state index >= 15 is 0 Å². The molecule has 9 nitrogen and oxygen atoms in total. The zero-order valence-electron chi connectivity index (χ0n) is 15.5. The average Bonchev–Trinajstić information content (AvgIpc) is 3.43. The molecule has 3 rings (SSSR count). The third-order valence-corrected chi connectivity index (χ3v) is 4.59. The minimum atomic E-state index is -0.910. The molecule has 1 aromatic rings. The number of rotatable bonds is 8. The van der Waals surface area contributed by atoms with Crippen LogP contribution in [0.4, 0.5) is 0 Å². The lowest BCUT2D eigenvalue weighted by Gasteiger charge is -2.18. The molecule has 1 atom stereocenters. The number of fused-ring (bicyclic) bond motifs is 1. The number of hydrogen-bond acceptors (Lipinski definition) is 5. The van der Waals surface area contributed by atoms with Gasteiger partial charge in [-0.3, -0.25) is 24.0 Å². The van der Waals surface area contributed by atoms with Crippen molar-refractivity contribution < 1.29 is 24.0 Å². The summed E-state index contributed by atoms with van der Waals surface area (Å²) in [7, 11) is 0. The first kappa shape index (κ1) is 19.5. The molecular formula is C19H22N4O5. The van der Waals surface area contributed by atoms with Gasteiger partial charge in [-0.2, -0.15) is 0 Å². The Morgan fingerprint density at radius 2 is 1.89 bits per heavy atom. The number of nitrogens with one attached hydrogen (secondary N) is 3. The molecule has 28 heavy (non-hydrogen) atoms. The van der Waals surface area contributed by atoms with Crippen molar-refractivity contribution in [3.8, 4) is 0 Å². The first-order valence-corrected chi connectivity index (χ1v) is 9.13. The molecule has 1 aromatic carbocycles. The molecule has 1 unspecified atom stereocenters. The largest absolute Gasteiger partial charge is 0.347 e. The van der Waals surface area contributed by atoms with Crippen molar-refractivity contribution in [3.63, 3.8) is 0 Å². The van der Waals surface area contributed by atoms with Crippen LogP contribution in [0.1, 0.15) is 35.7 Å². The first-order chi connectivity index (χ1) is 13.3. The predicted molar refractivity (Wildman–Crippen MR) is 98.0 cm³/mol. The van der Waals surface area contributed by atoms with Gasteiger partial charge in [-0.15, -0.1) is 0 Å². The summed E-state index contributed by atoms with van der Waals surface area (Å²) in [5.41, 5.74) is 1.43. The van der Waals surface area contributed by atoms with Crippen LogP contribution in [0.15, 0.2) is 24.3 Å². The Hall–Kier alpha value is -3.23. The van der Waals surface area contributed by atoms with Crippen LogP contribution in [-0.2, 0) is 25.7 Å². The van der Waals surface area contributed by atoms with E-state index in [9.17, 15) is 24.0 Å². The lowest BCUT2D eigenvalue weighted by molar-refractivity contribution is -0.138. The number of hydrogen-bond donors (Lipinski definition) is 3. The molecule has 1 saturated carbocycles. The molecule has 4 amide bonds. The molecule has 0 saturated heterocycles. The van der Waals surface area contributed by atoms with Gasteiger partial charge in [-0.1, -0.05) is 18.2 Å². The lowest BCUT2D eigenvalue weighted by Crippen LogP contribution is -2.49. The molecular weight excluding hydrogens is 364 g/mol. The highest BCUT2D eigenvalue weighted by Crippen LogP contribution is 2.21. The monoisotopic (exact) mass is 386 g/mol. The van der Waals surface area contributed by atoms with Crippen molar-refractivity contribution in [1.29, 1.82) is 0 Å². The highest BCUT2D eigenvalue weighted by molar-refractivity contribution is 6.37. The Morgan fingerprint density at radius 3 is 2.57 bits per heavy atom. The van der Waals surface area contributed by atoms with Gasteiger partial charge in [0.15, 0.2) is 0 Å². The van der Waals surface area contributed by atoms with E-state index < -0.39 is 36.1 Å². The number of ketones is 1. The maximum atomic E-state index is 12.3. The zero-order valence-corrected chi connectivity index (χ0v) is 15.5. The van der Waals surface area contributed by atoms with Gasteiger partial charge in [0, 0.05) is 18.2 Å². The van der Waals surface area contributed by atoms with E-state index in [1.165, 1.54) is 11.8 Å². The fourth-order valence-corrected chi connectivity index (χ4v) is 2.86. The van der Waals surface area contributed by atoms with Gasteiger partial charge in [0.05, 0.1) is 6.54 Å². The van der Waals surface area contributed by atoms with E-state index in [0.717, 1.165) is 18.4 Å². The third kappa shape index (κ3) is 4.73. The molecule has 0 aromatic heterocycles. The minimum absolute atomic E-state index is 0.0600. The standard InChI is InChI=1S/C19H22N4O5/c1-11(17(26)20-8-15(24)18(27)22-13-6-7-13)21-16(25)10-23-9-12-4-2-3-5-14(12)19(23)28/h2-5,11,13H,6-10H2,1H3,(H,20,26)(H,21,25)(H,22,27). The maximum Gasteiger partial charge on any atom is 0.289 e. The molecule has 2 aliphatic rings. The van der Waals surface area contributed by atoms with E-state index in [1.807, 2.05) is 12.1 Å². The Bertz CT molecular complexity index is 833. The second kappa shape index (κ2) is 8.20. The summed E-state index contributed by atoms with van der Waals surface area (Å²) in [5, 5.41) is 7.37. The average molecular weight is 386 g/mol. The normalized spacial score (nSPS) is 16.2. The molecule has 0 bridgehead atoms. The zero-order chi connectivity index (χ0) is 20.3. The van der Waals surface area contributed by atoms with Crippen LogP contribution >= 0.6 is 0 Å². The van der Waals surface area contributed by atoms with Crippen LogP contribution in [0.25, 0.3) is 0 Å². The lowest BCUT2D eigenvalue weighted by atomic mass is 10.1. The van der Waals surface area contributed by atoms with Gasteiger partial charge in [0.1, 0.15) is 12.6 Å². The van der Waals surface area contributed by atoms with E-state index in [1.54, 1.807) is 12.1 Å². The highest BCUT2D eigenvalue weighted by atomic mass is 16.2. The topological polar surface area (TPSA) is 125 Å². The Balaban J connectivity index is 1.41. The maximum absolute atomic E-state index is 12.3. The van der Waals surface area contributed by atoms with Crippen LogP contribution in [0.2, 0.25) is 0 Å². The van der Waals surface area contributed by atoms with E-state index in [2.05, 4.69) is 16.0 Å². The number of amides is 4. The van der Waals surface area contributed by atoms with E-state index in [-0.39, 0.29) is 18.5 Å². The summed E-state index contributed by atoms with van der Waals surface area (Å²) < 4.78 is 0. The summed E-state index contributed by atoms with van der Waals surface area (Å²) in [6.45, 7) is 1.20.